The highest BCUT2D eigenvalue weighted by molar-refractivity contribution is 7.80. The number of hydrazine groups is 1. The van der Waals surface area contributed by atoms with Gasteiger partial charge in [0.2, 0.25) is 0 Å². The summed E-state index contributed by atoms with van der Waals surface area (Å²) >= 11 is 11.1. The van der Waals surface area contributed by atoms with Crippen molar-refractivity contribution in [2.24, 2.45) is 0 Å². The normalized spacial score (nSPS) is 13.0. The van der Waals surface area contributed by atoms with Gasteiger partial charge in [-0.05, 0) is 42.0 Å². The number of rotatable bonds is 3. The monoisotopic (exact) mass is 345 g/mol. The van der Waals surface area contributed by atoms with Crippen LogP contribution in [0.4, 0.5) is 0 Å². The Balaban J connectivity index is 1.63. The molecule has 23 heavy (non-hydrogen) atoms. The van der Waals surface area contributed by atoms with E-state index < -0.39 is 11.8 Å². The van der Waals surface area contributed by atoms with E-state index in [1.807, 2.05) is 12.1 Å². The maximum Gasteiger partial charge on any atom is 0.280 e. The Labute approximate surface area is 143 Å². The van der Waals surface area contributed by atoms with E-state index in [1.54, 1.807) is 36.4 Å². The number of imide groups is 1. The second kappa shape index (κ2) is 6.36. The van der Waals surface area contributed by atoms with Gasteiger partial charge in [-0.1, -0.05) is 35.9 Å². The maximum atomic E-state index is 12.2. The summed E-state index contributed by atoms with van der Waals surface area (Å²) in [5, 5.41) is 4.66. The number of halogens is 1. The number of fused-ring (bicyclic) bond motifs is 1. The SMILES string of the molecule is O=C1c2ccccc2C(=O)N1NC(=S)NCc1cccc(Cl)c1. The van der Waals surface area contributed by atoms with Gasteiger partial charge >= 0.3 is 0 Å². The summed E-state index contributed by atoms with van der Waals surface area (Å²) < 4.78 is 0. The predicted molar refractivity (Wildman–Crippen MR) is 91.0 cm³/mol. The highest BCUT2D eigenvalue weighted by atomic mass is 35.5. The van der Waals surface area contributed by atoms with Crippen molar-refractivity contribution in [3.8, 4) is 0 Å². The third-order valence-electron chi connectivity index (χ3n) is 3.35. The molecule has 2 aromatic rings. The van der Waals surface area contributed by atoms with E-state index in [0.29, 0.717) is 22.7 Å². The van der Waals surface area contributed by atoms with Gasteiger partial charge in [-0.15, -0.1) is 0 Å². The molecule has 0 saturated heterocycles. The number of thiocarbonyl (C=S) groups is 1. The van der Waals surface area contributed by atoms with Gasteiger partial charge in [-0.3, -0.25) is 15.0 Å². The number of hydrogen-bond acceptors (Lipinski definition) is 3. The third-order valence-corrected chi connectivity index (χ3v) is 3.82. The quantitative estimate of drug-likeness (QED) is 0.661. The topological polar surface area (TPSA) is 61.4 Å². The number of nitrogens with one attached hydrogen (secondary N) is 2. The fraction of sp³-hybridized carbons (Fsp3) is 0.0625. The van der Waals surface area contributed by atoms with Crippen LogP contribution in [-0.2, 0) is 6.54 Å². The van der Waals surface area contributed by atoms with Crippen LogP contribution in [0, 0.1) is 0 Å². The first-order chi connectivity index (χ1) is 11.1. The van der Waals surface area contributed by atoms with Crippen molar-refractivity contribution in [1.82, 2.24) is 15.8 Å². The molecule has 1 aliphatic heterocycles. The average molecular weight is 346 g/mol. The van der Waals surface area contributed by atoms with Gasteiger partial charge in [0.15, 0.2) is 5.11 Å². The Bertz CT molecular complexity index is 774. The largest absolute Gasteiger partial charge is 0.357 e. The van der Waals surface area contributed by atoms with Gasteiger partial charge in [0.05, 0.1) is 11.1 Å². The Morgan fingerprint density at radius 1 is 1.04 bits per heavy atom. The summed E-state index contributed by atoms with van der Waals surface area (Å²) in [6.45, 7) is 0.426. The minimum atomic E-state index is -0.419. The summed E-state index contributed by atoms with van der Waals surface area (Å²) in [4.78, 5) is 24.4. The maximum absolute atomic E-state index is 12.2. The van der Waals surface area contributed by atoms with Gasteiger partial charge in [0.25, 0.3) is 11.8 Å². The molecule has 3 rings (SSSR count). The van der Waals surface area contributed by atoms with Crippen LogP contribution in [-0.4, -0.2) is 21.9 Å². The zero-order chi connectivity index (χ0) is 16.4. The highest BCUT2D eigenvalue weighted by Gasteiger charge is 2.35. The molecule has 116 valence electrons. The lowest BCUT2D eigenvalue weighted by molar-refractivity contribution is 0.0611. The van der Waals surface area contributed by atoms with Crippen LogP contribution in [0.3, 0.4) is 0 Å². The number of amides is 2. The van der Waals surface area contributed by atoms with Crippen LogP contribution in [0.2, 0.25) is 5.02 Å². The molecule has 7 heteroatoms. The van der Waals surface area contributed by atoms with Crippen LogP contribution in [0.1, 0.15) is 26.3 Å². The van der Waals surface area contributed by atoms with Gasteiger partial charge in [-0.25, -0.2) is 0 Å². The van der Waals surface area contributed by atoms with Crippen LogP contribution in [0.25, 0.3) is 0 Å². The average Bonchev–Trinajstić information content (AvgIpc) is 2.79. The molecule has 0 saturated carbocycles. The highest BCUT2D eigenvalue weighted by Crippen LogP contribution is 2.20. The Morgan fingerprint density at radius 2 is 1.70 bits per heavy atom. The molecule has 0 fully saturated rings. The van der Waals surface area contributed by atoms with E-state index in [0.717, 1.165) is 10.6 Å². The van der Waals surface area contributed by atoms with E-state index in [-0.39, 0.29) is 5.11 Å². The Kier molecular flexibility index (Phi) is 4.27. The van der Waals surface area contributed by atoms with Crippen molar-refractivity contribution in [1.29, 1.82) is 0 Å². The Morgan fingerprint density at radius 3 is 2.30 bits per heavy atom. The fourth-order valence-electron chi connectivity index (χ4n) is 2.26. The van der Waals surface area contributed by atoms with Crippen molar-refractivity contribution in [2.75, 3.05) is 0 Å². The third kappa shape index (κ3) is 3.18. The van der Waals surface area contributed by atoms with Crippen molar-refractivity contribution < 1.29 is 9.59 Å². The van der Waals surface area contributed by atoms with Crippen LogP contribution in [0.15, 0.2) is 48.5 Å². The molecule has 1 aliphatic rings. The lowest BCUT2D eigenvalue weighted by Gasteiger charge is -2.18. The Hall–Kier alpha value is -2.44. The molecule has 0 aromatic heterocycles. The number of hydrogen-bond donors (Lipinski definition) is 2. The number of carbonyl (C=O) groups is 2. The van der Waals surface area contributed by atoms with Gasteiger partial charge in [-0.2, -0.15) is 5.01 Å². The van der Waals surface area contributed by atoms with Crippen LogP contribution >= 0.6 is 23.8 Å². The van der Waals surface area contributed by atoms with Crippen molar-refractivity contribution in [2.45, 2.75) is 6.54 Å². The van der Waals surface area contributed by atoms with Crippen molar-refractivity contribution >= 4 is 40.7 Å². The zero-order valence-corrected chi connectivity index (χ0v) is 13.4. The minimum Gasteiger partial charge on any atom is -0.357 e. The molecule has 0 bridgehead atoms. The van der Waals surface area contributed by atoms with Gasteiger partial charge in [0.1, 0.15) is 0 Å². The van der Waals surface area contributed by atoms with Crippen molar-refractivity contribution in [3.63, 3.8) is 0 Å². The van der Waals surface area contributed by atoms with E-state index >= 15 is 0 Å². The van der Waals surface area contributed by atoms with E-state index in [2.05, 4.69) is 10.7 Å². The number of benzene rings is 2. The molecule has 0 aliphatic carbocycles. The molecule has 0 atom stereocenters. The summed E-state index contributed by atoms with van der Waals surface area (Å²) in [5.74, 6) is -0.838. The van der Waals surface area contributed by atoms with Gasteiger partial charge in [0, 0.05) is 11.6 Å². The number of carbonyl (C=O) groups excluding carboxylic acids is 2. The molecule has 0 radical (unpaired) electrons. The first-order valence-electron chi connectivity index (χ1n) is 6.83. The molecular weight excluding hydrogens is 334 g/mol. The van der Waals surface area contributed by atoms with Crippen LogP contribution in [0.5, 0.6) is 0 Å². The second-order valence-electron chi connectivity index (χ2n) is 4.92. The molecule has 2 aromatic carbocycles. The molecule has 0 spiro atoms. The standard InChI is InChI=1S/C16H12ClN3O2S/c17-11-5-3-4-10(8-11)9-18-16(23)19-20-14(21)12-6-1-2-7-13(12)15(20)22/h1-8H,9H2,(H2,18,19,23). The zero-order valence-electron chi connectivity index (χ0n) is 11.9. The second-order valence-corrected chi connectivity index (χ2v) is 5.76. The first kappa shape index (κ1) is 15.5. The molecule has 1 heterocycles. The lowest BCUT2D eigenvalue weighted by Crippen LogP contribution is -2.49. The minimum absolute atomic E-state index is 0.180. The molecule has 5 nitrogen and oxygen atoms in total. The number of nitrogens with zero attached hydrogens (tertiary/aromatic N) is 1. The smallest absolute Gasteiger partial charge is 0.280 e. The summed E-state index contributed by atoms with van der Waals surface area (Å²) in [7, 11) is 0. The van der Waals surface area contributed by atoms with E-state index in [1.165, 1.54) is 0 Å². The van der Waals surface area contributed by atoms with Crippen molar-refractivity contribution in [3.05, 3.63) is 70.2 Å². The lowest BCUT2D eigenvalue weighted by atomic mass is 10.1. The first-order valence-corrected chi connectivity index (χ1v) is 7.61. The summed E-state index contributed by atoms with van der Waals surface area (Å²) in [6, 6.07) is 14.0. The summed E-state index contributed by atoms with van der Waals surface area (Å²) in [5.41, 5.74) is 4.29. The molecule has 0 unspecified atom stereocenters. The van der Waals surface area contributed by atoms with Gasteiger partial charge < -0.3 is 5.32 Å². The molecular formula is C16H12ClN3O2S. The fourth-order valence-corrected chi connectivity index (χ4v) is 2.64. The predicted octanol–water partition coefficient (Wildman–Crippen LogP) is 2.52. The molecule has 2 amide bonds. The van der Waals surface area contributed by atoms with E-state index in [9.17, 15) is 9.59 Å². The summed E-state index contributed by atoms with van der Waals surface area (Å²) in [6.07, 6.45) is 0. The molecule has 2 N–H and O–H groups in total. The van der Waals surface area contributed by atoms with Crippen LogP contribution < -0.4 is 10.7 Å². The van der Waals surface area contributed by atoms with E-state index in [4.69, 9.17) is 23.8 Å².